The van der Waals surface area contributed by atoms with Crippen molar-refractivity contribution in [1.82, 2.24) is 19.5 Å². The molecule has 0 atom stereocenters. The van der Waals surface area contributed by atoms with E-state index in [9.17, 15) is 0 Å². The van der Waals surface area contributed by atoms with Crippen LogP contribution in [0.3, 0.4) is 0 Å². The van der Waals surface area contributed by atoms with Crippen molar-refractivity contribution in [3.63, 3.8) is 0 Å². The van der Waals surface area contributed by atoms with Crippen molar-refractivity contribution in [3.05, 3.63) is 41.7 Å². The lowest BCUT2D eigenvalue weighted by molar-refractivity contribution is 0.396. The predicted molar refractivity (Wildman–Crippen MR) is 92.4 cm³/mol. The summed E-state index contributed by atoms with van der Waals surface area (Å²) in [6, 6.07) is 10.2. The first kappa shape index (κ1) is 14.4. The van der Waals surface area contributed by atoms with Crippen LogP contribution in [0.5, 0.6) is 0 Å². The summed E-state index contributed by atoms with van der Waals surface area (Å²) in [5, 5.41) is 0. The van der Waals surface area contributed by atoms with Crippen LogP contribution in [0.4, 0.5) is 0 Å². The van der Waals surface area contributed by atoms with E-state index in [1.54, 1.807) is 0 Å². The van der Waals surface area contributed by atoms with Crippen LogP contribution in [0.15, 0.2) is 30.3 Å². The maximum absolute atomic E-state index is 4.99. The zero-order chi connectivity index (χ0) is 16.4. The predicted octanol–water partition coefficient (Wildman–Crippen LogP) is 3.99. The molecule has 1 aromatic carbocycles. The van der Waals surface area contributed by atoms with Gasteiger partial charge in [0.15, 0.2) is 11.3 Å². The first-order valence-corrected chi connectivity index (χ1v) is 8.10. The highest BCUT2D eigenvalue weighted by Gasteiger charge is 2.45. The molecule has 0 N–H and O–H groups in total. The zero-order valence-electron chi connectivity index (χ0n) is 14.4. The van der Waals surface area contributed by atoms with Crippen LogP contribution in [0.2, 0.25) is 0 Å². The standard InChI is InChI=1S/C19H22N4/c1-18(2)11-19(3,4)14-13(18)20-15-17(21-14)23(5)16(22-15)12-9-7-6-8-10-12/h6-10H,11H2,1-5H3. The second-order valence-electron chi connectivity index (χ2n) is 7.87. The van der Waals surface area contributed by atoms with Gasteiger partial charge in [-0.3, -0.25) is 0 Å². The minimum atomic E-state index is 0.0461. The van der Waals surface area contributed by atoms with Crippen LogP contribution in [-0.2, 0) is 17.9 Å². The fourth-order valence-corrected chi connectivity index (χ4v) is 4.05. The van der Waals surface area contributed by atoms with Crippen LogP contribution in [0.25, 0.3) is 22.7 Å². The van der Waals surface area contributed by atoms with E-state index in [1.807, 2.05) is 25.2 Å². The van der Waals surface area contributed by atoms with Crippen molar-refractivity contribution in [2.24, 2.45) is 7.05 Å². The molecule has 4 heteroatoms. The third kappa shape index (κ3) is 2.01. The van der Waals surface area contributed by atoms with Gasteiger partial charge in [-0.05, 0) is 6.42 Å². The maximum Gasteiger partial charge on any atom is 0.198 e. The molecular formula is C19H22N4. The van der Waals surface area contributed by atoms with Crippen LogP contribution in [-0.4, -0.2) is 19.5 Å². The number of nitrogens with zero attached hydrogens (tertiary/aromatic N) is 4. The number of aryl methyl sites for hydroxylation is 1. The summed E-state index contributed by atoms with van der Waals surface area (Å²) in [5.74, 6) is 0.917. The zero-order valence-corrected chi connectivity index (χ0v) is 14.4. The van der Waals surface area contributed by atoms with Gasteiger partial charge in [-0.25, -0.2) is 15.0 Å². The molecule has 23 heavy (non-hydrogen) atoms. The summed E-state index contributed by atoms with van der Waals surface area (Å²) in [6.07, 6.45) is 1.07. The van der Waals surface area contributed by atoms with Crippen molar-refractivity contribution >= 4 is 11.3 Å². The molecule has 0 spiro atoms. The molecule has 2 heterocycles. The third-order valence-electron chi connectivity index (χ3n) is 4.90. The molecule has 2 aromatic heterocycles. The highest BCUT2D eigenvalue weighted by atomic mass is 15.2. The van der Waals surface area contributed by atoms with Crippen LogP contribution >= 0.6 is 0 Å². The van der Waals surface area contributed by atoms with Gasteiger partial charge >= 0.3 is 0 Å². The SMILES string of the molecule is Cn1c(-c2ccccc2)nc2nc3c(nc21)C(C)(C)CC3(C)C. The van der Waals surface area contributed by atoms with E-state index < -0.39 is 0 Å². The van der Waals surface area contributed by atoms with Crippen LogP contribution < -0.4 is 0 Å². The van der Waals surface area contributed by atoms with E-state index in [0.717, 1.165) is 40.5 Å². The Morgan fingerprint density at radius 2 is 1.48 bits per heavy atom. The molecule has 3 aromatic rings. The molecule has 0 bridgehead atoms. The van der Waals surface area contributed by atoms with Gasteiger partial charge in [0, 0.05) is 23.4 Å². The van der Waals surface area contributed by atoms with Crippen LogP contribution in [0.1, 0.15) is 45.5 Å². The molecule has 0 saturated heterocycles. The molecule has 0 saturated carbocycles. The molecule has 118 valence electrons. The molecule has 1 aliphatic rings. The van der Waals surface area contributed by atoms with E-state index in [4.69, 9.17) is 15.0 Å². The lowest BCUT2D eigenvalue weighted by Crippen LogP contribution is -2.18. The number of imidazole rings is 1. The summed E-state index contributed by atoms with van der Waals surface area (Å²) in [5.41, 5.74) is 5.03. The Hall–Kier alpha value is -2.23. The molecule has 0 radical (unpaired) electrons. The normalized spacial score (nSPS) is 18.3. The Morgan fingerprint density at radius 1 is 0.870 bits per heavy atom. The highest BCUT2D eigenvalue weighted by Crippen LogP contribution is 2.47. The highest BCUT2D eigenvalue weighted by molar-refractivity contribution is 5.74. The molecular weight excluding hydrogens is 284 g/mol. The summed E-state index contributed by atoms with van der Waals surface area (Å²) >= 11 is 0. The van der Waals surface area contributed by atoms with Gasteiger partial charge in [-0.2, -0.15) is 0 Å². The third-order valence-corrected chi connectivity index (χ3v) is 4.90. The van der Waals surface area contributed by atoms with Gasteiger partial charge in [0.25, 0.3) is 0 Å². The van der Waals surface area contributed by atoms with E-state index >= 15 is 0 Å². The molecule has 0 unspecified atom stereocenters. The number of aromatic nitrogens is 4. The van der Waals surface area contributed by atoms with Crippen molar-refractivity contribution in [1.29, 1.82) is 0 Å². The van der Waals surface area contributed by atoms with E-state index in [-0.39, 0.29) is 10.8 Å². The summed E-state index contributed by atoms with van der Waals surface area (Å²) in [7, 11) is 2.02. The minimum Gasteiger partial charge on any atom is -0.310 e. The summed E-state index contributed by atoms with van der Waals surface area (Å²) in [4.78, 5) is 14.7. The molecule has 0 aliphatic heterocycles. The second kappa shape index (κ2) is 4.40. The Labute approximate surface area is 136 Å². The average Bonchev–Trinajstić information content (AvgIpc) is 2.91. The number of hydrogen-bond donors (Lipinski definition) is 0. The number of hydrogen-bond acceptors (Lipinski definition) is 3. The Balaban J connectivity index is 2.00. The molecule has 0 amide bonds. The van der Waals surface area contributed by atoms with E-state index in [1.165, 1.54) is 0 Å². The van der Waals surface area contributed by atoms with E-state index in [0.29, 0.717) is 0 Å². The Bertz CT molecular complexity index is 904. The minimum absolute atomic E-state index is 0.0461. The second-order valence-corrected chi connectivity index (χ2v) is 7.87. The van der Waals surface area contributed by atoms with Gasteiger partial charge in [0.2, 0.25) is 0 Å². The number of fused-ring (bicyclic) bond motifs is 2. The summed E-state index contributed by atoms with van der Waals surface area (Å²) in [6.45, 7) is 9.02. The van der Waals surface area contributed by atoms with Crippen molar-refractivity contribution in [3.8, 4) is 11.4 Å². The van der Waals surface area contributed by atoms with Crippen LogP contribution in [0, 0.1) is 0 Å². The fraction of sp³-hybridized carbons (Fsp3) is 0.421. The van der Waals surface area contributed by atoms with E-state index in [2.05, 4.69) is 44.4 Å². The topological polar surface area (TPSA) is 43.6 Å². The number of benzene rings is 1. The smallest absolute Gasteiger partial charge is 0.198 e. The monoisotopic (exact) mass is 306 g/mol. The maximum atomic E-state index is 4.99. The molecule has 0 fully saturated rings. The van der Waals surface area contributed by atoms with Gasteiger partial charge in [0.05, 0.1) is 11.4 Å². The van der Waals surface area contributed by atoms with Crippen molar-refractivity contribution < 1.29 is 0 Å². The lowest BCUT2D eigenvalue weighted by atomic mass is 9.83. The number of rotatable bonds is 1. The molecule has 1 aliphatic carbocycles. The quantitative estimate of drug-likeness (QED) is 0.683. The van der Waals surface area contributed by atoms with Gasteiger partial charge in [-0.1, -0.05) is 58.0 Å². The Kier molecular flexibility index (Phi) is 2.75. The first-order valence-electron chi connectivity index (χ1n) is 8.10. The largest absolute Gasteiger partial charge is 0.310 e. The Morgan fingerprint density at radius 3 is 2.13 bits per heavy atom. The average molecular weight is 306 g/mol. The summed E-state index contributed by atoms with van der Waals surface area (Å²) < 4.78 is 2.05. The van der Waals surface area contributed by atoms with Gasteiger partial charge in [0.1, 0.15) is 5.82 Å². The van der Waals surface area contributed by atoms with Gasteiger partial charge < -0.3 is 4.57 Å². The fourth-order valence-electron chi connectivity index (χ4n) is 4.05. The first-order chi connectivity index (χ1) is 10.8. The molecule has 4 nitrogen and oxygen atoms in total. The van der Waals surface area contributed by atoms with Crippen molar-refractivity contribution in [2.75, 3.05) is 0 Å². The van der Waals surface area contributed by atoms with Crippen molar-refractivity contribution in [2.45, 2.75) is 44.9 Å². The molecule has 4 rings (SSSR count). The van der Waals surface area contributed by atoms with Gasteiger partial charge in [-0.15, -0.1) is 0 Å². The lowest BCUT2D eigenvalue weighted by Gasteiger charge is -2.21.